The van der Waals surface area contributed by atoms with Crippen LogP contribution in [0.3, 0.4) is 0 Å². The molecule has 0 aliphatic carbocycles. The molecule has 2 unspecified atom stereocenters. The largest absolute Gasteiger partial charge is 0.481 e. The monoisotopic (exact) mass is 744 g/mol. The van der Waals surface area contributed by atoms with E-state index in [4.69, 9.17) is 9.97 Å². The molecule has 0 spiro atoms. The van der Waals surface area contributed by atoms with Crippen LogP contribution in [0.25, 0.3) is 46.8 Å². The molecule has 8 nitrogen and oxygen atoms in total. The van der Waals surface area contributed by atoms with Gasteiger partial charge in [0.25, 0.3) is 0 Å². The molecule has 0 aliphatic heterocycles. The van der Waals surface area contributed by atoms with E-state index in [1.165, 1.54) is 0 Å². The van der Waals surface area contributed by atoms with Crippen molar-refractivity contribution in [3.8, 4) is 22.5 Å². The molecule has 8 heteroatoms. The highest BCUT2D eigenvalue weighted by molar-refractivity contribution is 5.82. The van der Waals surface area contributed by atoms with E-state index in [1.54, 1.807) is 0 Å². The van der Waals surface area contributed by atoms with Gasteiger partial charge < -0.3 is 10.2 Å². The van der Waals surface area contributed by atoms with Gasteiger partial charge in [0.2, 0.25) is 0 Å². The lowest BCUT2D eigenvalue weighted by Crippen LogP contribution is -2.16. The second kappa shape index (κ2) is 20.2. The van der Waals surface area contributed by atoms with Gasteiger partial charge in [-0.1, -0.05) is 160 Å². The number of aliphatic carboxylic acids is 2. The SMILES string of the molecule is CCCC(C(=O)O)c1c(C)nc(/C=C/c2ccccc2)nc1-c1ccccc1.CCCC(C(=O)O)c1c(C)nc(C=Cc2ccccc2)nc1-c1ccccc1. The Kier molecular flexibility index (Phi) is 14.7. The molecule has 0 fully saturated rings. The van der Waals surface area contributed by atoms with Gasteiger partial charge in [-0.3, -0.25) is 9.59 Å². The number of rotatable bonds is 14. The van der Waals surface area contributed by atoms with Crippen molar-refractivity contribution in [1.29, 1.82) is 0 Å². The van der Waals surface area contributed by atoms with Gasteiger partial charge in [-0.15, -0.1) is 0 Å². The van der Waals surface area contributed by atoms with E-state index in [2.05, 4.69) is 9.97 Å². The summed E-state index contributed by atoms with van der Waals surface area (Å²) in [5.41, 5.74) is 8.15. The fraction of sp³-hybridized carbons (Fsp3) is 0.208. The van der Waals surface area contributed by atoms with Crippen molar-refractivity contribution in [2.75, 3.05) is 0 Å². The molecule has 6 aromatic rings. The smallest absolute Gasteiger partial charge is 0.311 e. The van der Waals surface area contributed by atoms with Crippen molar-refractivity contribution in [2.45, 2.75) is 65.2 Å². The number of carbonyl (C=O) groups is 2. The first kappa shape index (κ1) is 40.6. The van der Waals surface area contributed by atoms with Crippen LogP contribution in [0.2, 0.25) is 0 Å². The maximum Gasteiger partial charge on any atom is 0.311 e. The average molecular weight is 745 g/mol. The predicted octanol–water partition coefficient (Wildman–Crippen LogP) is 11.2. The molecule has 0 amide bonds. The minimum absolute atomic E-state index is 0.554. The predicted molar refractivity (Wildman–Crippen MR) is 226 cm³/mol. The number of hydrogen-bond donors (Lipinski definition) is 2. The molecule has 2 heterocycles. The third-order valence-corrected chi connectivity index (χ3v) is 9.30. The third kappa shape index (κ3) is 10.8. The van der Waals surface area contributed by atoms with Crippen molar-refractivity contribution in [3.63, 3.8) is 0 Å². The molecule has 0 saturated heterocycles. The number of carboxylic acids is 2. The molecule has 284 valence electrons. The Morgan fingerprint density at radius 1 is 0.500 bits per heavy atom. The lowest BCUT2D eigenvalue weighted by atomic mass is 9.89. The molecule has 2 N–H and O–H groups in total. The average Bonchev–Trinajstić information content (AvgIpc) is 3.22. The van der Waals surface area contributed by atoms with Gasteiger partial charge in [-0.25, -0.2) is 19.9 Å². The van der Waals surface area contributed by atoms with E-state index in [0.717, 1.165) is 35.1 Å². The Bertz CT molecular complexity index is 2100. The van der Waals surface area contributed by atoms with Gasteiger partial charge in [0.1, 0.15) is 0 Å². The summed E-state index contributed by atoms with van der Waals surface area (Å²) >= 11 is 0. The molecule has 4 aromatic carbocycles. The number of carboxylic acid groups (broad SMARTS) is 2. The number of aromatic nitrogens is 4. The first-order valence-corrected chi connectivity index (χ1v) is 19.0. The minimum Gasteiger partial charge on any atom is -0.481 e. The van der Waals surface area contributed by atoms with E-state index < -0.39 is 23.8 Å². The van der Waals surface area contributed by atoms with Crippen LogP contribution in [0, 0.1) is 13.8 Å². The van der Waals surface area contributed by atoms with Gasteiger partial charge in [0.15, 0.2) is 11.6 Å². The van der Waals surface area contributed by atoms with E-state index in [1.807, 2.05) is 173 Å². The first-order chi connectivity index (χ1) is 27.2. The molecule has 2 atom stereocenters. The summed E-state index contributed by atoms with van der Waals surface area (Å²) in [5.74, 6) is -1.76. The zero-order valence-electron chi connectivity index (χ0n) is 32.3. The summed E-state index contributed by atoms with van der Waals surface area (Å²) in [6, 6.07) is 39.4. The Labute approximate surface area is 329 Å². The maximum absolute atomic E-state index is 12.0. The van der Waals surface area contributed by atoms with Crippen molar-refractivity contribution in [3.05, 3.63) is 167 Å². The third-order valence-electron chi connectivity index (χ3n) is 9.30. The summed E-state index contributed by atoms with van der Waals surface area (Å²) in [6.07, 6.45) is 10.3. The van der Waals surface area contributed by atoms with Crippen LogP contribution in [-0.2, 0) is 9.59 Å². The van der Waals surface area contributed by atoms with Crippen molar-refractivity contribution in [1.82, 2.24) is 19.9 Å². The standard InChI is InChI=1S/2C24H24N2O2/c2*1-3-10-20(24(27)28)22-17(2)25-21(16-15-18-11-6-4-7-12-18)26-23(22)19-13-8-5-9-14-19/h2*4-9,11-16,20H,3,10H2,1-2H3,(H,27,28)/b16-15+;. The van der Waals surface area contributed by atoms with Crippen LogP contribution in [0.15, 0.2) is 121 Å². The highest BCUT2D eigenvalue weighted by atomic mass is 16.4. The second-order valence-electron chi connectivity index (χ2n) is 13.4. The summed E-state index contributed by atoms with van der Waals surface area (Å²) in [7, 11) is 0. The van der Waals surface area contributed by atoms with Crippen LogP contribution < -0.4 is 0 Å². The second-order valence-corrected chi connectivity index (χ2v) is 13.4. The van der Waals surface area contributed by atoms with E-state index in [9.17, 15) is 19.8 Å². The van der Waals surface area contributed by atoms with Crippen LogP contribution in [-0.4, -0.2) is 42.1 Å². The van der Waals surface area contributed by atoms with Gasteiger partial charge in [0.05, 0.1) is 23.2 Å². The summed E-state index contributed by atoms with van der Waals surface area (Å²) < 4.78 is 0. The normalized spacial score (nSPS) is 12.2. The Balaban J connectivity index is 0.000000214. The zero-order valence-corrected chi connectivity index (χ0v) is 32.3. The van der Waals surface area contributed by atoms with Crippen molar-refractivity contribution < 1.29 is 19.8 Å². The maximum atomic E-state index is 12.0. The number of benzene rings is 4. The van der Waals surface area contributed by atoms with Crippen molar-refractivity contribution in [2.24, 2.45) is 0 Å². The zero-order chi connectivity index (χ0) is 39.9. The number of aryl methyl sites for hydroxylation is 2. The molecule has 0 bridgehead atoms. The summed E-state index contributed by atoms with van der Waals surface area (Å²) in [4.78, 5) is 42.6. The Morgan fingerprint density at radius 3 is 1.12 bits per heavy atom. The summed E-state index contributed by atoms with van der Waals surface area (Å²) in [5, 5.41) is 19.6. The van der Waals surface area contributed by atoms with Crippen molar-refractivity contribution >= 4 is 36.2 Å². The quantitative estimate of drug-likeness (QED) is 0.113. The fourth-order valence-corrected chi connectivity index (χ4v) is 6.65. The minimum atomic E-state index is -0.835. The van der Waals surface area contributed by atoms with Gasteiger partial charge in [0, 0.05) is 33.6 Å². The highest BCUT2D eigenvalue weighted by Crippen LogP contribution is 2.34. The van der Waals surface area contributed by atoms with Crippen LogP contribution in [0.4, 0.5) is 0 Å². The van der Waals surface area contributed by atoms with Gasteiger partial charge in [-0.05, 0) is 50.0 Å². The molecule has 0 aliphatic rings. The van der Waals surface area contributed by atoms with Gasteiger partial charge in [-0.2, -0.15) is 0 Å². The first-order valence-electron chi connectivity index (χ1n) is 19.0. The molecule has 0 radical (unpaired) electrons. The van der Waals surface area contributed by atoms with Gasteiger partial charge >= 0.3 is 11.9 Å². The molecular weight excluding hydrogens is 697 g/mol. The fourth-order valence-electron chi connectivity index (χ4n) is 6.65. The lowest BCUT2D eigenvalue weighted by molar-refractivity contribution is -0.140. The van der Waals surface area contributed by atoms with Crippen LogP contribution in [0.5, 0.6) is 0 Å². The highest BCUT2D eigenvalue weighted by Gasteiger charge is 2.28. The lowest BCUT2D eigenvalue weighted by Gasteiger charge is -2.18. The van der Waals surface area contributed by atoms with Crippen LogP contribution >= 0.6 is 0 Å². The molecule has 0 saturated carbocycles. The molecule has 56 heavy (non-hydrogen) atoms. The Morgan fingerprint density at radius 2 is 0.821 bits per heavy atom. The molecule has 6 rings (SSSR count). The molecular formula is C48H48N4O4. The van der Waals surface area contributed by atoms with E-state index >= 15 is 0 Å². The van der Waals surface area contributed by atoms with E-state index in [0.29, 0.717) is 58.4 Å². The molecule has 2 aromatic heterocycles. The summed E-state index contributed by atoms with van der Waals surface area (Å²) in [6.45, 7) is 7.72. The number of nitrogens with zero attached hydrogens (tertiary/aromatic N) is 4. The van der Waals surface area contributed by atoms with E-state index in [-0.39, 0.29) is 0 Å². The van der Waals surface area contributed by atoms with Crippen LogP contribution in [0.1, 0.15) is 96.7 Å². The number of hydrogen-bond acceptors (Lipinski definition) is 6. The Hall–Kier alpha value is -6.54. The topological polar surface area (TPSA) is 126 Å².